The van der Waals surface area contributed by atoms with Gasteiger partial charge in [-0.25, -0.2) is 4.79 Å². The van der Waals surface area contributed by atoms with Gasteiger partial charge in [0.1, 0.15) is 5.75 Å². The summed E-state index contributed by atoms with van der Waals surface area (Å²) in [4.78, 5) is 11.9. The summed E-state index contributed by atoms with van der Waals surface area (Å²) in [7, 11) is 3.23. The Bertz CT molecular complexity index is 585. The molecule has 116 valence electrons. The molecule has 0 spiro atoms. The average molecular weight is 300 g/mol. The number of methoxy groups -OCH3 is 2. The minimum atomic E-state index is -0.275. The van der Waals surface area contributed by atoms with Crippen LogP contribution < -0.4 is 15.4 Å². The van der Waals surface area contributed by atoms with Crippen molar-refractivity contribution in [1.29, 1.82) is 0 Å². The molecule has 2 N–H and O–H groups in total. The normalized spacial score (nSPS) is 11.5. The highest BCUT2D eigenvalue weighted by Gasteiger charge is 2.11. The van der Waals surface area contributed by atoms with E-state index in [1.54, 1.807) is 38.5 Å². The molecular formula is C17H20N2O3. The Kier molecular flexibility index (Phi) is 5.80. The lowest BCUT2D eigenvalue weighted by Crippen LogP contribution is -2.32. The van der Waals surface area contributed by atoms with E-state index in [9.17, 15) is 4.79 Å². The van der Waals surface area contributed by atoms with Crippen LogP contribution in [0.5, 0.6) is 5.75 Å². The smallest absolute Gasteiger partial charge is 0.319 e. The van der Waals surface area contributed by atoms with Gasteiger partial charge in [0.25, 0.3) is 0 Å². The summed E-state index contributed by atoms with van der Waals surface area (Å²) in [5.41, 5.74) is 1.72. The molecule has 1 atom stereocenters. The molecule has 2 rings (SSSR count). The Balaban J connectivity index is 1.86. The van der Waals surface area contributed by atoms with Crippen LogP contribution >= 0.6 is 0 Å². The molecule has 2 aromatic rings. The lowest BCUT2D eigenvalue weighted by atomic mass is 10.1. The van der Waals surface area contributed by atoms with Crippen molar-refractivity contribution < 1.29 is 14.3 Å². The van der Waals surface area contributed by atoms with E-state index in [0.29, 0.717) is 12.2 Å². The largest absolute Gasteiger partial charge is 0.497 e. The number of benzene rings is 2. The molecule has 5 heteroatoms. The molecule has 0 unspecified atom stereocenters. The highest BCUT2D eigenvalue weighted by Crippen LogP contribution is 2.16. The van der Waals surface area contributed by atoms with Crippen molar-refractivity contribution in [3.63, 3.8) is 0 Å². The maximum absolute atomic E-state index is 11.9. The third-order valence-corrected chi connectivity index (χ3v) is 3.25. The summed E-state index contributed by atoms with van der Waals surface area (Å²) in [6.07, 6.45) is -0.178. The van der Waals surface area contributed by atoms with Crippen molar-refractivity contribution in [2.24, 2.45) is 0 Å². The average Bonchev–Trinajstić information content (AvgIpc) is 2.57. The number of nitrogens with one attached hydrogen (secondary N) is 2. The Morgan fingerprint density at radius 2 is 1.73 bits per heavy atom. The minimum absolute atomic E-state index is 0.178. The van der Waals surface area contributed by atoms with E-state index in [4.69, 9.17) is 9.47 Å². The number of rotatable bonds is 6. The van der Waals surface area contributed by atoms with E-state index in [-0.39, 0.29) is 12.1 Å². The van der Waals surface area contributed by atoms with E-state index >= 15 is 0 Å². The van der Waals surface area contributed by atoms with Gasteiger partial charge >= 0.3 is 6.03 Å². The van der Waals surface area contributed by atoms with Gasteiger partial charge in [0, 0.05) is 19.3 Å². The lowest BCUT2D eigenvalue weighted by molar-refractivity contribution is 0.104. The summed E-state index contributed by atoms with van der Waals surface area (Å²) in [6.45, 7) is 0.391. The quantitative estimate of drug-likeness (QED) is 0.861. The van der Waals surface area contributed by atoms with Gasteiger partial charge < -0.3 is 20.1 Å². The van der Waals surface area contributed by atoms with E-state index < -0.39 is 0 Å². The fraction of sp³-hybridized carbons (Fsp3) is 0.235. The van der Waals surface area contributed by atoms with E-state index in [1.807, 2.05) is 30.3 Å². The molecule has 0 saturated carbocycles. The first-order chi connectivity index (χ1) is 10.7. The molecule has 2 amide bonds. The lowest BCUT2D eigenvalue weighted by Gasteiger charge is -2.16. The van der Waals surface area contributed by atoms with Gasteiger partial charge in [-0.2, -0.15) is 0 Å². The summed E-state index contributed by atoms with van der Waals surface area (Å²) in [5, 5.41) is 5.57. The Morgan fingerprint density at radius 3 is 2.32 bits per heavy atom. The van der Waals surface area contributed by atoms with Gasteiger partial charge in [0.05, 0.1) is 13.2 Å². The fourth-order valence-electron chi connectivity index (χ4n) is 2.04. The van der Waals surface area contributed by atoms with Crippen LogP contribution in [0.25, 0.3) is 0 Å². The van der Waals surface area contributed by atoms with Gasteiger partial charge in [0.2, 0.25) is 0 Å². The number of anilines is 1. The van der Waals surface area contributed by atoms with Crippen LogP contribution in [0, 0.1) is 0 Å². The minimum Gasteiger partial charge on any atom is -0.497 e. The second-order valence-corrected chi connectivity index (χ2v) is 4.70. The van der Waals surface area contributed by atoms with Crippen LogP contribution in [0.3, 0.4) is 0 Å². The molecule has 22 heavy (non-hydrogen) atoms. The predicted octanol–water partition coefficient (Wildman–Crippen LogP) is 3.20. The molecule has 0 saturated heterocycles. The van der Waals surface area contributed by atoms with Crippen LogP contribution in [0.15, 0.2) is 54.6 Å². The van der Waals surface area contributed by atoms with Crippen LogP contribution in [0.1, 0.15) is 11.7 Å². The molecule has 0 bridgehead atoms. The van der Waals surface area contributed by atoms with Crippen LogP contribution in [0.4, 0.5) is 10.5 Å². The van der Waals surface area contributed by atoms with Crippen LogP contribution in [-0.2, 0) is 4.74 Å². The highest BCUT2D eigenvalue weighted by atomic mass is 16.5. The monoisotopic (exact) mass is 300 g/mol. The Morgan fingerprint density at radius 1 is 1.05 bits per heavy atom. The molecule has 2 aromatic carbocycles. The van der Waals surface area contributed by atoms with Crippen molar-refractivity contribution in [2.45, 2.75) is 6.10 Å². The summed E-state index contributed by atoms with van der Waals surface area (Å²) < 4.78 is 10.5. The number of hydrogen-bond acceptors (Lipinski definition) is 3. The standard InChI is InChI=1S/C17H20N2O3/c1-21-15-10-8-14(9-11-15)19-17(20)18-12-16(22-2)13-6-4-3-5-7-13/h3-11,16H,12H2,1-2H3,(H2,18,19,20)/t16-/m0/s1. The van der Waals surface area contributed by atoms with Gasteiger partial charge in [0.15, 0.2) is 0 Å². The Labute approximate surface area is 130 Å². The van der Waals surface area contributed by atoms with E-state index in [1.165, 1.54) is 0 Å². The molecule has 0 radical (unpaired) electrons. The van der Waals surface area contributed by atoms with Gasteiger partial charge in [-0.3, -0.25) is 0 Å². The van der Waals surface area contributed by atoms with Crippen LogP contribution in [-0.4, -0.2) is 26.8 Å². The maximum atomic E-state index is 11.9. The first-order valence-electron chi connectivity index (χ1n) is 6.99. The number of carbonyl (C=O) groups is 1. The molecule has 0 aliphatic carbocycles. The number of hydrogen-bond donors (Lipinski definition) is 2. The zero-order valence-corrected chi connectivity index (χ0v) is 12.7. The molecule has 0 aliphatic heterocycles. The molecule has 0 aliphatic rings. The second kappa shape index (κ2) is 8.05. The number of carbonyl (C=O) groups excluding carboxylic acids is 1. The third-order valence-electron chi connectivity index (χ3n) is 3.25. The van der Waals surface area contributed by atoms with Gasteiger partial charge in [-0.15, -0.1) is 0 Å². The molecular weight excluding hydrogens is 280 g/mol. The Hall–Kier alpha value is -2.53. The first kappa shape index (κ1) is 15.9. The zero-order chi connectivity index (χ0) is 15.8. The summed E-state index contributed by atoms with van der Waals surface area (Å²) in [5.74, 6) is 0.745. The highest BCUT2D eigenvalue weighted by molar-refractivity contribution is 5.89. The van der Waals surface area contributed by atoms with Crippen molar-refractivity contribution in [1.82, 2.24) is 5.32 Å². The van der Waals surface area contributed by atoms with E-state index in [0.717, 1.165) is 11.3 Å². The topological polar surface area (TPSA) is 59.6 Å². The zero-order valence-electron chi connectivity index (χ0n) is 12.7. The van der Waals surface area contributed by atoms with Gasteiger partial charge in [-0.1, -0.05) is 30.3 Å². The van der Waals surface area contributed by atoms with E-state index in [2.05, 4.69) is 10.6 Å². The summed E-state index contributed by atoms with van der Waals surface area (Å²) >= 11 is 0. The second-order valence-electron chi connectivity index (χ2n) is 4.70. The van der Waals surface area contributed by atoms with Gasteiger partial charge in [-0.05, 0) is 29.8 Å². The fourth-order valence-corrected chi connectivity index (χ4v) is 2.04. The number of ether oxygens (including phenoxy) is 2. The van der Waals surface area contributed by atoms with Crippen LogP contribution in [0.2, 0.25) is 0 Å². The van der Waals surface area contributed by atoms with Crippen molar-refractivity contribution in [3.8, 4) is 5.75 Å². The molecule has 0 heterocycles. The SMILES string of the molecule is COc1ccc(NC(=O)NC[C@H](OC)c2ccccc2)cc1. The number of urea groups is 1. The molecule has 0 fully saturated rings. The molecule has 5 nitrogen and oxygen atoms in total. The maximum Gasteiger partial charge on any atom is 0.319 e. The predicted molar refractivity (Wildman–Crippen MR) is 86.2 cm³/mol. The number of amides is 2. The van der Waals surface area contributed by atoms with Crippen molar-refractivity contribution >= 4 is 11.7 Å². The summed E-state index contributed by atoms with van der Waals surface area (Å²) in [6, 6.07) is 16.6. The van der Waals surface area contributed by atoms with Crippen molar-refractivity contribution in [2.75, 3.05) is 26.1 Å². The van der Waals surface area contributed by atoms with Crippen molar-refractivity contribution in [3.05, 3.63) is 60.2 Å². The molecule has 0 aromatic heterocycles. The third kappa shape index (κ3) is 4.49. The first-order valence-corrected chi connectivity index (χ1v) is 6.99.